The fourth-order valence-corrected chi connectivity index (χ4v) is 4.09. The molecule has 0 radical (unpaired) electrons. The van der Waals surface area contributed by atoms with Crippen molar-refractivity contribution in [2.75, 3.05) is 5.32 Å². The molecule has 0 bridgehead atoms. The predicted octanol–water partition coefficient (Wildman–Crippen LogP) is 4.74. The van der Waals surface area contributed by atoms with E-state index < -0.39 is 6.10 Å². The summed E-state index contributed by atoms with van der Waals surface area (Å²) in [5.74, 6) is -0.608. The van der Waals surface area contributed by atoms with Crippen LogP contribution >= 0.6 is 27.3 Å². The molecule has 1 atom stereocenters. The Morgan fingerprint density at radius 1 is 1.19 bits per heavy atom. The van der Waals surface area contributed by atoms with E-state index in [0.717, 1.165) is 21.3 Å². The lowest BCUT2D eigenvalue weighted by molar-refractivity contribution is -0.118. The average molecular weight is 443 g/mol. The van der Waals surface area contributed by atoms with E-state index >= 15 is 0 Å². The minimum atomic E-state index is -0.545. The highest BCUT2D eigenvalue weighted by atomic mass is 79.9. The highest BCUT2D eigenvalue weighted by Gasteiger charge is 2.32. The normalized spacial score (nSPS) is 15.3. The molecular weight excluding hydrogens is 428 g/mol. The van der Waals surface area contributed by atoms with Crippen molar-refractivity contribution in [3.05, 3.63) is 80.8 Å². The molecule has 1 amide bonds. The van der Waals surface area contributed by atoms with Crippen molar-refractivity contribution in [3.8, 4) is 0 Å². The lowest BCUT2D eigenvalue weighted by Gasteiger charge is -2.09. The van der Waals surface area contributed by atoms with Gasteiger partial charge in [-0.15, -0.1) is 11.3 Å². The van der Waals surface area contributed by atoms with Gasteiger partial charge in [0.25, 0.3) is 0 Å². The summed E-state index contributed by atoms with van der Waals surface area (Å²) in [6.07, 6.45) is 2.06. The summed E-state index contributed by atoms with van der Waals surface area (Å²) in [5.41, 5.74) is 2.46. The Kier molecular flexibility index (Phi) is 5.05. The van der Waals surface area contributed by atoms with Gasteiger partial charge in [-0.1, -0.05) is 46.3 Å². The van der Waals surface area contributed by atoms with Crippen LogP contribution in [0.5, 0.6) is 0 Å². The lowest BCUT2D eigenvalue weighted by Crippen LogP contribution is -2.15. The Bertz CT molecular complexity index is 1000. The number of esters is 1. The molecule has 1 aromatic heterocycles. The molecule has 1 aliphatic heterocycles. The molecule has 0 saturated carbocycles. The molecule has 3 aromatic rings. The number of thiazole rings is 1. The summed E-state index contributed by atoms with van der Waals surface area (Å²) in [6.45, 7) is 0. The highest BCUT2D eigenvalue weighted by molar-refractivity contribution is 9.10. The lowest BCUT2D eigenvalue weighted by atomic mass is 10.0. The van der Waals surface area contributed by atoms with E-state index in [0.29, 0.717) is 10.7 Å². The standard InChI is InChI=1S/C20H15BrN2O3S/c21-13-7-5-12(6-8-13)9-14-11-22-20(27-14)23-18(24)10-17-15-3-1-2-4-16(15)19(25)26-17/h1-8,11,17H,9-10H2,(H,22,23,24)/t17-/m0/s1. The van der Waals surface area contributed by atoms with Gasteiger partial charge in [0, 0.05) is 27.5 Å². The number of rotatable bonds is 5. The van der Waals surface area contributed by atoms with Crippen LogP contribution in [0.1, 0.15) is 38.9 Å². The summed E-state index contributed by atoms with van der Waals surface area (Å²) in [5, 5.41) is 3.35. The molecular formula is C20H15BrN2O3S. The van der Waals surface area contributed by atoms with Crippen LogP contribution < -0.4 is 5.32 Å². The SMILES string of the molecule is O=C(C[C@@H]1OC(=O)c2ccccc21)Nc1ncc(Cc2ccc(Br)cc2)s1. The molecule has 5 nitrogen and oxygen atoms in total. The molecule has 4 rings (SSSR count). The quantitative estimate of drug-likeness (QED) is 0.579. The van der Waals surface area contributed by atoms with Gasteiger partial charge in [0.2, 0.25) is 5.91 Å². The highest BCUT2D eigenvalue weighted by Crippen LogP contribution is 2.33. The maximum absolute atomic E-state index is 12.3. The summed E-state index contributed by atoms with van der Waals surface area (Å²) < 4.78 is 6.35. The topological polar surface area (TPSA) is 68.3 Å². The Labute approximate surface area is 168 Å². The minimum Gasteiger partial charge on any atom is -0.453 e. The second kappa shape index (κ2) is 7.62. The van der Waals surface area contributed by atoms with Crippen molar-refractivity contribution < 1.29 is 14.3 Å². The van der Waals surface area contributed by atoms with E-state index in [4.69, 9.17) is 4.74 Å². The average Bonchev–Trinajstić information content (AvgIpc) is 3.22. The Morgan fingerprint density at radius 3 is 2.78 bits per heavy atom. The second-order valence-electron chi connectivity index (χ2n) is 6.17. The smallest absolute Gasteiger partial charge is 0.339 e. The number of nitrogens with one attached hydrogen (secondary N) is 1. The number of hydrogen-bond acceptors (Lipinski definition) is 5. The molecule has 0 spiro atoms. The van der Waals surface area contributed by atoms with Gasteiger partial charge in [-0.25, -0.2) is 9.78 Å². The third kappa shape index (κ3) is 4.09. The Balaban J connectivity index is 1.37. The number of aromatic nitrogens is 1. The van der Waals surface area contributed by atoms with Crippen LogP contribution in [0.2, 0.25) is 0 Å². The maximum atomic E-state index is 12.3. The Hall–Kier alpha value is -2.51. The van der Waals surface area contributed by atoms with E-state index in [2.05, 4.69) is 26.2 Å². The van der Waals surface area contributed by atoms with Gasteiger partial charge in [-0.05, 0) is 23.8 Å². The predicted molar refractivity (Wildman–Crippen MR) is 107 cm³/mol. The van der Waals surface area contributed by atoms with Gasteiger partial charge >= 0.3 is 5.97 Å². The molecule has 27 heavy (non-hydrogen) atoms. The van der Waals surface area contributed by atoms with Gasteiger partial charge in [-0.2, -0.15) is 0 Å². The van der Waals surface area contributed by atoms with Gasteiger partial charge in [0.05, 0.1) is 12.0 Å². The van der Waals surface area contributed by atoms with Crippen LogP contribution in [0.15, 0.2) is 59.2 Å². The molecule has 0 unspecified atom stereocenters. The van der Waals surface area contributed by atoms with Gasteiger partial charge < -0.3 is 10.1 Å². The Morgan fingerprint density at radius 2 is 1.96 bits per heavy atom. The van der Waals surface area contributed by atoms with Crippen molar-refractivity contribution in [2.45, 2.75) is 18.9 Å². The first-order valence-electron chi connectivity index (χ1n) is 8.37. The molecule has 2 heterocycles. The summed E-state index contributed by atoms with van der Waals surface area (Å²) in [6, 6.07) is 15.2. The molecule has 0 fully saturated rings. The van der Waals surface area contributed by atoms with Gasteiger partial charge in [0.1, 0.15) is 6.10 Å². The molecule has 7 heteroatoms. The van der Waals surface area contributed by atoms with Crippen LogP contribution in [0.25, 0.3) is 0 Å². The zero-order chi connectivity index (χ0) is 18.8. The third-order valence-corrected chi connectivity index (χ3v) is 5.68. The molecule has 0 aliphatic carbocycles. The van der Waals surface area contributed by atoms with Crippen molar-refractivity contribution >= 4 is 44.3 Å². The van der Waals surface area contributed by atoms with Crippen LogP contribution in [0.4, 0.5) is 5.13 Å². The number of amides is 1. The number of cyclic esters (lactones) is 1. The van der Waals surface area contributed by atoms with E-state index in [1.54, 1.807) is 18.3 Å². The molecule has 1 N–H and O–H groups in total. The van der Waals surface area contributed by atoms with Crippen LogP contribution in [-0.4, -0.2) is 16.9 Å². The molecule has 1 aliphatic rings. The van der Waals surface area contributed by atoms with Crippen molar-refractivity contribution in [2.24, 2.45) is 0 Å². The van der Waals surface area contributed by atoms with Crippen molar-refractivity contribution in [1.29, 1.82) is 0 Å². The number of hydrogen-bond donors (Lipinski definition) is 1. The zero-order valence-electron chi connectivity index (χ0n) is 14.1. The fraction of sp³-hybridized carbons (Fsp3) is 0.150. The third-order valence-electron chi connectivity index (χ3n) is 4.24. The monoisotopic (exact) mass is 442 g/mol. The van der Waals surface area contributed by atoms with Crippen LogP contribution in [-0.2, 0) is 16.0 Å². The first-order chi connectivity index (χ1) is 13.1. The number of fused-ring (bicyclic) bond motifs is 1. The maximum Gasteiger partial charge on any atom is 0.339 e. The summed E-state index contributed by atoms with van der Waals surface area (Å²) >= 11 is 4.87. The van der Waals surface area contributed by atoms with Crippen molar-refractivity contribution in [1.82, 2.24) is 4.98 Å². The van der Waals surface area contributed by atoms with E-state index in [1.165, 1.54) is 16.9 Å². The number of ether oxygens (including phenoxy) is 1. The van der Waals surface area contributed by atoms with E-state index in [-0.39, 0.29) is 18.3 Å². The second-order valence-corrected chi connectivity index (χ2v) is 8.20. The number of nitrogens with zero attached hydrogens (tertiary/aromatic N) is 1. The largest absolute Gasteiger partial charge is 0.453 e. The van der Waals surface area contributed by atoms with Gasteiger partial charge in [-0.3, -0.25) is 4.79 Å². The number of halogens is 1. The zero-order valence-corrected chi connectivity index (χ0v) is 16.5. The number of anilines is 1. The first kappa shape index (κ1) is 17.9. The summed E-state index contributed by atoms with van der Waals surface area (Å²) in [7, 11) is 0. The summed E-state index contributed by atoms with van der Waals surface area (Å²) in [4.78, 5) is 29.5. The number of benzene rings is 2. The minimum absolute atomic E-state index is 0.0738. The number of carbonyl (C=O) groups is 2. The molecule has 136 valence electrons. The van der Waals surface area contributed by atoms with Crippen LogP contribution in [0.3, 0.4) is 0 Å². The molecule has 2 aromatic carbocycles. The fourth-order valence-electron chi connectivity index (χ4n) is 2.96. The van der Waals surface area contributed by atoms with Crippen LogP contribution in [0, 0.1) is 0 Å². The van der Waals surface area contributed by atoms with Crippen molar-refractivity contribution in [3.63, 3.8) is 0 Å². The first-order valence-corrected chi connectivity index (χ1v) is 9.98. The molecule has 0 saturated heterocycles. The van der Waals surface area contributed by atoms with E-state index in [9.17, 15) is 9.59 Å². The number of carbonyl (C=O) groups excluding carboxylic acids is 2. The van der Waals surface area contributed by atoms with Gasteiger partial charge in [0.15, 0.2) is 5.13 Å². The van der Waals surface area contributed by atoms with E-state index in [1.807, 2.05) is 36.4 Å².